The van der Waals surface area contributed by atoms with Crippen LogP contribution in [0.2, 0.25) is 0 Å². The molecule has 1 aromatic heterocycles. The van der Waals surface area contributed by atoms with Gasteiger partial charge in [-0.1, -0.05) is 12.1 Å². The Bertz CT molecular complexity index is 594. The molecule has 104 valence electrons. The molecule has 2 aromatic rings. The summed E-state index contributed by atoms with van der Waals surface area (Å²) >= 11 is 0. The summed E-state index contributed by atoms with van der Waals surface area (Å²) in [5.74, 6) is 0.796. The first-order chi connectivity index (χ1) is 9.74. The van der Waals surface area contributed by atoms with Crippen molar-refractivity contribution in [2.24, 2.45) is 0 Å². The highest BCUT2D eigenvalue weighted by molar-refractivity contribution is 5.50. The highest BCUT2D eigenvalue weighted by atomic mass is 19.1. The van der Waals surface area contributed by atoms with Crippen LogP contribution in [0.15, 0.2) is 36.7 Å². The molecule has 0 bridgehead atoms. The van der Waals surface area contributed by atoms with Crippen molar-refractivity contribution in [2.75, 3.05) is 36.0 Å². The third kappa shape index (κ3) is 2.57. The number of nitrogens with zero attached hydrogens (tertiary/aromatic N) is 4. The van der Waals surface area contributed by atoms with Crippen LogP contribution in [0.5, 0.6) is 0 Å². The predicted molar refractivity (Wildman–Crippen MR) is 77.6 cm³/mol. The zero-order valence-electron chi connectivity index (χ0n) is 11.5. The lowest BCUT2D eigenvalue weighted by molar-refractivity contribution is 0.596. The molecule has 0 aliphatic carbocycles. The van der Waals surface area contributed by atoms with Crippen LogP contribution in [0.25, 0.3) is 0 Å². The molecule has 1 aliphatic rings. The first-order valence-electron chi connectivity index (χ1n) is 6.77. The minimum Gasteiger partial charge on any atom is -0.366 e. The van der Waals surface area contributed by atoms with Crippen LogP contribution in [-0.4, -0.2) is 36.1 Å². The van der Waals surface area contributed by atoms with Crippen LogP contribution < -0.4 is 9.80 Å². The van der Waals surface area contributed by atoms with Crippen molar-refractivity contribution < 1.29 is 4.39 Å². The highest BCUT2D eigenvalue weighted by Gasteiger charge is 2.20. The molecule has 0 unspecified atom stereocenters. The fourth-order valence-electron chi connectivity index (χ4n) is 2.50. The molecule has 1 aliphatic heterocycles. The first-order valence-corrected chi connectivity index (χ1v) is 6.77. The van der Waals surface area contributed by atoms with Crippen LogP contribution >= 0.6 is 0 Å². The van der Waals surface area contributed by atoms with E-state index in [1.54, 1.807) is 12.4 Å². The van der Waals surface area contributed by atoms with E-state index in [0.29, 0.717) is 5.69 Å². The van der Waals surface area contributed by atoms with E-state index in [4.69, 9.17) is 0 Å². The molecule has 1 aromatic carbocycles. The molecule has 0 atom stereocenters. The first kappa shape index (κ1) is 12.8. The number of aromatic nitrogens is 2. The molecule has 0 amide bonds. The van der Waals surface area contributed by atoms with Crippen LogP contribution in [0, 0.1) is 12.7 Å². The molecule has 5 heteroatoms. The highest BCUT2D eigenvalue weighted by Crippen LogP contribution is 2.21. The van der Waals surface area contributed by atoms with Gasteiger partial charge in [0, 0.05) is 37.9 Å². The molecule has 4 nitrogen and oxygen atoms in total. The normalized spacial score (nSPS) is 15.5. The van der Waals surface area contributed by atoms with E-state index in [9.17, 15) is 4.39 Å². The summed E-state index contributed by atoms with van der Waals surface area (Å²) in [6.07, 6.45) is 1.59. The van der Waals surface area contributed by atoms with Gasteiger partial charge in [0.05, 0.1) is 5.69 Å². The third-order valence-corrected chi connectivity index (χ3v) is 3.59. The zero-order chi connectivity index (χ0) is 13.9. The molecule has 20 heavy (non-hydrogen) atoms. The molecule has 0 radical (unpaired) electrons. The number of anilines is 2. The second-order valence-corrected chi connectivity index (χ2v) is 4.94. The van der Waals surface area contributed by atoms with Gasteiger partial charge in [-0.25, -0.2) is 14.4 Å². The van der Waals surface area contributed by atoms with E-state index in [1.807, 2.05) is 25.1 Å². The lowest BCUT2D eigenvalue weighted by Crippen LogP contribution is -2.47. The molecule has 0 N–H and O–H groups in total. The Balaban J connectivity index is 1.70. The molecule has 1 saturated heterocycles. The zero-order valence-corrected chi connectivity index (χ0v) is 11.5. The van der Waals surface area contributed by atoms with Gasteiger partial charge < -0.3 is 9.80 Å². The van der Waals surface area contributed by atoms with Gasteiger partial charge in [-0.15, -0.1) is 0 Å². The third-order valence-electron chi connectivity index (χ3n) is 3.59. The Morgan fingerprint density at radius 2 is 1.70 bits per heavy atom. The smallest absolute Gasteiger partial charge is 0.146 e. The van der Waals surface area contributed by atoms with E-state index in [0.717, 1.165) is 37.7 Å². The summed E-state index contributed by atoms with van der Waals surface area (Å²) in [4.78, 5) is 12.7. The number of benzene rings is 1. The Hall–Kier alpha value is -2.17. The average molecular weight is 272 g/mol. The van der Waals surface area contributed by atoms with E-state index >= 15 is 0 Å². The second kappa shape index (κ2) is 5.45. The lowest BCUT2D eigenvalue weighted by Gasteiger charge is -2.36. The number of rotatable bonds is 2. The fraction of sp³-hybridized carbons (Fsp3) is 0.333. The Morgan fingerprint density at radius 1 is 1.00 bits per heavy atom. The van der Waals surface area contributed by atoms with E-state index < -0.39 is 0 Å². The van der Waals surface area contributed by atoms with Gasteiger partial charge in [0.2, 0.25) is 0 Å². The summed E-state index contributed by atoms with van der Waals surface area (Å²) in [5, 5.41) is 0. The maximum Gasteiger partial charge on any atom is 0.146 e. The van der Waals surface area contributed by atoms with Crippen molar-refractivity contribution in [1.82, 2.24) is 9.97 Å². The van der Waals surface area contributed by atoms with E-state index in [-0.39, 0.29) is 5.82 Å². The van der Waals surface area contributed by atoms with Crippen molar-refractivity contribution in [1.29, 1.82) is 0 Å². The maximum atomic E-state index is 13.8. The van der Waals surface area contributed by atoms with Crippen molar-refractivity contribution in [3.63, 3.8) is 0 Å². The molecular formula is C15H17FN4. The predicted octanol–water partition coefficient (Wildman–Crippen LogP) is 2.25. The van der Waals surface area contributed by atoms with E-state index in [1.165, 1.54) is 6.07 Å². The minimum absolute atomic E-state index is 0.154. The molecule has 0 spiro atoms. The van der Waals surface area contributed by atoms with Gasteiger partial charge in [0.15, 0.2) is 0 Å². The van der Waals surface area contributed by atoms with Crippen molar-refractivity contribution >= 4 is 11.5 Å². The molecule has 2 heterocycles. The number of para-hydroxylation sites is 1. The van der Waals surface area contributed by atoms with Crippen molar-refractivity contribution in [3.05, 3.63) is 48.2 Å². The lowest BCUT2D eigenvalue weighted by atomic mass is 10.2. The summed E-state index contributed by atoms with van der Waals surface area (Å²) in [5.41, 5.74) is 1.65. The Kier molecular flexibility index (Phi) is 3.50. The molecule has 1 fully saturated rings. The quantitative estimate of drug-likeness (QED) is 0.839. The monoisotopic (exact) mass is 272 g/mol. The number of piperazine rings is 1. The number of aryl methyl sites for hydroxylation is 1. The van der Waals surface area contributed by atoms with E-state index in [2.05, 4.69) is 19.8 Å². The Morgan fingerprint density at radius 3 is 2.40 bits per heavy atom. The van der Waals surface area contributed by atoms with Gasteiger partial charge in [0.25, 0.3) is 0 Å². The summed E-state index contributed by atoms with van der Waals surface area (Å²) in [6.45, 7) is 5.23. The molecule has 0 saturated carbocycles. The number of halogens is 1. The van der Waals surface area contributed by atoms with Crippen LogP contribution in [0.3, 0.4) is 0 Å². The standard InChI is InChI=1S/C15H17FN4/c1-12-10-15(18-11-17-12)20-8-6-19(7-9-20)14-5-3-2-4-13(14)16/h2-5,10-11H,6-9H2,1H3. The summed E-state index contributed by atoms with van der Waals surface area (Å²) in [7, 11) is 0. The van der Waals surface area contributed by atoms with Crippen molar-refractivity contribution in [3.8, 4) is 0 Å². The van der Waals surface area contributed by atoms with Gasteiger partial charge in [-0.05, 0) is 19.1 Å². The summed E-state index contributed by atoms with van der Waals surface area (Å²) < 4.78 is 13.8. The fourth-order valence-corrected chi connectivity index (χ4v) is 2.50. The van der Waals surface area contributed by atoms with Crippen LogP contribution in [0.4, 0.5) is 15.9 Å². The summed E-state index contributed by atoms with van der Waals surface area (Å²) in [6, 6.07) is 8.92. The molecule has 3 rings (SSSR count). The van der Waals surface area contributed by atoms with Gasteiger partial charge in [-0.2, -0.15) is 0 Å². The van der Waals surface area contributed by atoms with Gasteiger partial charge in [-0.3, -0.25) is 0 Å². The number of hydrogen-bond donors (Lipinski definition) is 0. The largest absolute Gasteiger partial charge is 0.366 e. The van der Waals surface area contributed by atoms with Crippen LogP contribution in [0.1, 0.15) is 5.69 Å². The topological polar surface area (TPSA) is 32.3 Å². The average Bonchev–Trinajstić information content (AvgIpc) is 2.48. The Labute approximate surface area is 117 Å². The number of hydrogen-bond acceptors (Lipinski definition) is 4. The van der Waals surface area contributed by atoms with Gasteiger partial charge >= 0.3 is 0 Å². The minimum atomic E-state index is -0.154. The second-order valence-electron chi connectivity index (χ2n) is 4.94. The molecular weight excluding hydrogens is 255 g/mol. The van der Waals surface area contributed by atoms with Crippen molar-refractivity contribution in [2.45, 2.75) is 6.92 Å². The van der Waals surface area contributed by atoms with Crippen LogP contribution in [-0.2, 0) is 0 Å². The van der Waals surface area contributed by atoms with Gasteiger partial charge in [0.1, 0.15) is 18.0 Å². The SMILES string of the molecule is Cc1cc(N2CCN(c3ccccc3F)CC2)ncn1. The maximum absolute atomic E-state index is 13.8.